The molecular weight excluding hydrogens is 340 g/mol. The first-order chi connectivity index (χ1) is 12.1. The van der Waals surface area contributed by atoms with E-state index in [2.05, 4.69) is 10.6 Å². The summed E-state index contributed by atoms with van der Waals surface area (Å²) in [5.41, 5.74) is 1.40. The van der Waals surface area contributed by atoms with Gasteiger partial charge in [-0.25, -0.2) is 0 Å². The Hall–Kier alpha value is -2.53. The number of halogens is 1. The number of esters is 1. The summed E-state index contributed by atoms with van der Waals surface area (Å²) in [6.45, 7) is 2.45. The Bertz CT molecular complexity index is 690. The highest BCUT2D eigenvalue weighted by Crippen LogP contribution is 2.13. The molecule has 0 saturated carbocycles. The molecular formula is C19H21ClN2O3. The average molecular weight is 361 g/mol. The van der Waals surface area contributed by atoms with E-state index in [0.717, 1.165) is 5.69 Å². The predicted molar refractivity (Wildman–Crippen MR) is 98.9 cm³/mol. The lowest BCUT2D eigenvalue weighted by Crippen LogP contribution is -2.41. The summed E-state index contributed by atoms with van der Waals surface area (Å²) in [6.07, 6.45) is 0.0903. The van der Waals surface area contributed by atoms with Gasteiger partial charge in [0.15, 0.2) is 0 Å². The second-order valence-electron chi connectivity index (χ2n) is 5.43. The molecule has 0 heterocycles. The van der Waals surface area contributed by atoms with Crippen molar-refractivity contribution in [2.75, 3.05) is 18.5 Å². The van der Waals surface area contributed by atoms with Crippen LogP contribution in [0.25, 0.3) is 0 Å². The molecule has 1 amide bonds. The molecule has 0 bridgehead atoms. The molecule has 2 aromatic rings. The Morgan fingerprint density at radius 1 is 1.08 bits per heavy atom. The topological polar surface area (TPSA) is 67.4 Å². The zero-order valence-corrected chi connectivity index (χ0v) is 14.8. The molecule has 132 valence electrons. The van der Waals surface area contributed by atoms with Crippen molar-refractivity contribution in [1.29, 1.82) is 0 Å². The largest absolute Gasteiger partial charge is 0.466 e. The first-order valence-electron chi connectivity index (χ1n) is 8.09. The highest BCUT2D eigenvalue weighted by atomic mass is 35.5. The summed E-state index contributed by atoms with van der Waals surface area (Å²) in [7, 11) is 0. The molecule has 2 rings (SSSR count). The first-order valence-corrected chi connectivity index (χ1v) is 8.47. The zero-order valence-electron chi connectivity index (χ0n) is 14.0. The number of carbonyl (C=O) groups is 2. The Morgan fingerprint density at radius 3 is 2.40 bits per heavy atom. The number of carbonyl (C=O) groups excluding carboxylic acids is 2. The highest BCUT2D eigenvalue weighted by molar-refractivity contribution is 6.30. The SMILES string of the molecule is CCOC(=O)CC(CNc1ccc(Cl)cc1)NC(=O)c1ccccc1. The third-order valence-corrected chi connectivity index (χ3v) is 3.74. The number of benzene rings is 2. The standard InChI is InChI=1S/C19H21ClN2O3/c1-2-25-18(23)12-17(13-21-16-10-8-15(20)9-11-16)22-19(24)14-6-4-3-5-7-14/h3-11,17,21H,2,12-13H2,1H3,(H,22,24). The average Bonchev–Trinajstić information content (AvgIpc) is 2.62. The predicted octanol–water partition coefficient (Wildman–Crippen LogP) is 3.50. The normalized spacial score (nSPS) is 11.4. The fourth-order valence-corrected chi connectivity index (χ4v) is 2.39. The van der Waals surface area contributed by atoms with Crippen molar-refractivity contribution in [3.05, 3.63) is 65.2 Å². The first kappa shape index (κ1) is 18.8. The van der Waals surface area contributed by atoms with Crippen molar-refractivity contribution in [1.82, 2.24) is 5.32 Å². The second kappa shape index (κ2) is 9.69. The van der Waals surface area contributed by atoms with Crippen LogP contribution in [0.2, 0.25) is 5.02 Å². The Labute approximate surface area is 152 Å². The molecule has 0 aliphatic heterocycles. The van der Waals surface area contributed by atoms with Crippen molar-refractivity contribution in [2.24, 2.45) is 0 Å². The molecule has 0 spiro atoms. The fourth-order valence-electron chi connectivity index (χ4n) is 2.26. The van der Waals surface area contributed by atoms with Crippen LogP contribution < -0.4 is 10.6 Å². The van der Waals surface area contributed by atoms with Gasteiger partial charge in [0.25, 0.3) is 5.91 Å². The quantitative estimate of drug-likeness (QED) is 0.707. The van der Waals surface area contributed by atoms with Crippen molar-refractivity contribution >= 4 is 29.2 Å². The van der Waals surface area contributed by atoms with E-state index in [1.165, 1.54) is 0 Å². The lowest BCUT2D eigenvalue weighted by atomic mass is 10.1. The van der Waals surface area contributed by atoms with Crippen molar-refractivity contribution in [3.63, 3.8) is 0 Å². The van der Waals surface area contributed by atoms with Gasteiger partial charge in [0.2, 0.25) is 0 Å². The van der Waals surface area contributed by atoms with Crippen molar-refractivity contribution < 1.29 is 14.3 Å². The van der Waals surface area contributed by atoms with Crippen LogP contribution >= 0.6 is 11.6 Å². The van der Waals surface area contributed by atoms with Crippen LogP contribution in [0.1, 0.15) is 23.7 Å². The number of anilines is 1. The lowest BCUT2D eigenvalue weighted by molar-refractivity contribution is -0.143. The number of ether oxygens (including phenoxy) is 1. The highest BCUT2D eigenvalue weighted by Gasteiger charge is 2.18. The number of amides is 1. The van der Waals surface area contributed by atoms with Crippen LogP contribution in [0.15, 0.2) is 54.6 Å². The van der Waals surface area contributed by atoms with E-state index in [4.69, 9.17) is 16.3 Å². The summed E-state index contributed by atoms with van der Waals surface area (Å²) in [5, 5.41) is 6.72. The third-order valence-electron chi connectivity index (χ3n) is 3.49. The van der Waals surface area contributed by atoms with E-state index >= 15 is 0 Å². The van der Waals surface area contributed by atoms with Crippen LogP contribution in [-0.4, -0.2) is 31.1 Å². The fraction of sp³-hybridized carbons (Fsp3) is 0.263. The minimum Gasteiger partial charge on any atom is -0.466 e. The molecule has 0 fully saturated rings. The maximum absolute atomic E-state index is 12.3. The van der Waals surface area contributed by atoms with Crippen LogP contribution in [0.4, 0.5) is 5.69 Å². The molecule has 5 nitrogen and oxygen atoms in total. The summed E-state index contributed by atoms with van der Waals surface area (Å²) >= 11 is 5.87. The van der Waals surface area contributed by atoms with Gasteiger partial charge < -0.3 is 15.4 Å². The summed E-state index contributed by atoms with van der Waals surface area (Å²) in [5.74, 6) is -0.577. The minimum atomic E-state index is -0.401. The number of hydrogen-bond acceptors (Lipinski definition) is 4. The third kappa shape index (κ3) is 6.47. The molecule has 25 heavy (non-hydrogen) atoms. The second-order valence-corrected chi connectivity index (χ2v) is 5.87. The van der Waals surface area contributed by atoms with Gasteiger partial charge in [0.05, 0.1) is 19.1 Å². The molecule has 1 unspecified atom stereocenters. The van der Waals surface area contributed by atoms with E-state index in [1.54, 1.807) is 43.3 Å². The van der Waals surface area contributed by atoms with Gasteiger partial charge >= 0.3 is 5.97 Å². The monoisotopic (exact) mass is 360 g/mol. The Morgan fingerprint density at radius 2 is 1.76 bits per heavy atom. The van der Waals surface area contributed by atoms with Crippen LogP contribution in [0.3, 0.4) is 0 Å². The molecule has 0 saturated heterocycles. The molecule has 2 N–H and O–H groups in total. The summed E-state index contributed by atoms with van der Waals surface area (Å²) < 4.78 is 4.99. The van der Waals surface area contributed by atoms with Gasteiger partial charge in [-0.3, -0.25) is 9.59 Å². The van der Waals surface area contributed by atoms with E-state index in [1.807, 2.05) is 18.2 Å². The van der Waals surface area contributed by atoms with Gasteiger partial charge in [0, 0.05) is 22.8 Å². The number of nitrogens with one attached hydrogen (secondary N) is 2. The Balaban J connectivity index is 2.00. The van der Waals surface area contributed by atoms with Gasteiger partial charge in [-0.1, -0.05) is 29.8 Å². The summed E-state index contributed by atoms with van der Waals surface area (Å²) in [4.78, 5) is 24.2. The molecule has 0 aromatic heterocycles. The molecule has 0 aliphatic rings. The Kier molecular flexibility index (Phi) is 7.29. The van der Waals surface area contributed by atoms with E-state index in [0.29, 0.717) is 23.7 Å². The van der Waals surface area contributed by atoms with Gasteiger partial charge in [-0.2, -0.15) is 0 Å². The molecule has 0 aliphatic carbocycles. The van der Waals surface area contributed by atoms with E-state index in [-0.39, 0.29) is 18.3 Å². The van der Waals surface area contributed by atoms with Gasteiger partial charge in [-0.05, 0) is 43.3 Å². The maximum atomic E-state index is 12.3. The van der Waals surface area contributed by atoms with Gasteiger partial charge in [-0.15, -0.1) is 0 Å². The van der Waals surface area contributed by atoms with Gasteiger partial charge in [0.1, 0.15) is 0 Å². The van der Waals surface area contributed by atoms with Crippen molar-refractivity contribution in [2.45, 2.75) is 19.4 Å². The number of rotatable bonds is 8. The van der Waals surface area contributed by atoms with E-state index < -0.39 is 6.04 Å². The van der Waals surface area contributed by atoms with Crippen LogP contribution in [-0.2, 0) is 9.53 Å². The van der Waals surface area contributed by atoms with E-state index in [9.17, 15) is 9.59 Å². The molecule has 1 atom stereocenters. The number of hydrogen-bond donors (Lipinski definition) is 2. The van der Waals surface area contributed by atoms with Crippen molar-refractivity contribution in [3.8, 4) is 0 Å². The molecule has 2 aromatic carbocycles. The minimum absolute atomic E-state index is 0.0903. The molecule has 6 heteroatoms. The lowest BCUT2D eigenvalue weighted by Gasteiger charge is -2.19. The maximum Gasteiger partial charge on any atom is 0.307 e. The zero-order chi connectivity index (χ0) is 18.1. The van der Waals surface area contributed by atoms with Crippen LogP contribution in [0.5, 0.6) is 0 Å². The summed E-state index contributed by atoms with van der Waals surface area (Å²) in [6, 6.07) is 15.7. The smallest absolute Gasteiger partial charge is 0.307 e. The van der Waals surface area contributed by atoms with Crippen LogP contribution in [0, 0.1) is 0 Å². The molecule has 0 radical (unpaired) electrons.